The van der Waals surface area contributed by atoms with Gasteiger partial charge >= 0.3 is 0 Å². The fourth-order valence-corrected chi connectivity index (χ4v) is 2.16. The lowest BCUT2D eigenvalue weighted by Crippen LogP contribution is -2.15. The van der Waals surface area contributed by atoms with E-state index in [1.807, 2.05) is 38.1 Å². The van der Waals surface area contributed by atoms with Crippen molar-refractivity contribution in [3.05, 3.63) is 58.7 Å². The van der Waals surface area contributed by atoms with Crippen molar-refractivity contribution < 1.29 is 15.3 Å². The van der Waals surface area contributed by atoms with E-state index in [1.165, 1.54) is 0 Å². The van der Waals surface area contributed by atoms with Crippen LogP contribution in [0, 0.1) is 13.8 Å². The van der Waals surface area contributed by atoms with Crippen molar-refractivity contribution in [1.82, 2.24) is 0 Å². The third-order valence-corrected chi connectivity index (χ3v) is 3.46. The lowest BCUT2D eigenvalue weighted by Gasteiger charge is -2.05. The van der Waals surface area contributed by atoms with Crippen LogP contribution in [0.5, 0.6) is 11.5 Å². The zero-order valence-corrected chi connectivity index (χ0v) is 13.8. The summed E-state index contributed by atoms with van der Waals surface area (Å²) < 4.78 is 0. The van der Waals surface area contributed by atoms with Crippen molar-refractivity contribution in [3.8, 4) is 11.5 Å². The van der Waals surface area contributed by atoms with Gasteiger partial charge in [0.05, 0.1) is 19.2 Å². The molecule has 0 saturated carbocycles. The Kier molecular flexibility index (Phi) is 6.09. The fourth-order valence-electron chi connectivity index (χ4n) is 2.16. The number of phenols is 2. The summed E-state index contributed by atoms with van der Waals surface area (Å²) in [6.07, 6.45) is 2.36. The van der Waals surface area contributed by atoms with Gasteiger partial charge in [0, 0.05) is 23.6 Å². The average molecular weight is 326 g/mol. The lowest BCUT2D eigenvalue weighted by molar-refractivity contribution is 0.193. The molecule has 0 heterocycles. The zero-order chi connectivity index (χ0) is 17.5. The topological polar surface area (TPSA) is 85.4 Å². The number of aliphatic imine (C=N–C) groups is 2. The number of aromatic hydroxyl groups is 2. The maximum atomic E-state index is 9.90. The number of nitrogens with zero attached hydrogens (tertiary/aromatic N) is 2. The molecule has 2 aromatic carbocycles. The van der Waals surface area contributed by atoms with E-state index in [1.54, 1.807) is 24.6 Å². The van der Waals surface area contributed by atoms with Gasteiger partial charge in [-0.3, -0.25) is 9.98 Å². The normalized spacial score (nSPS) is 13.0. The van der Waals surface area contributed by atoms with Crippen LogP contribution in [0.4, 0.5) is 0 Å². The third kappa shape index (κ3) is 5.21. The van der Waals surface area contributed by atoms with Gasteiger partial charge in [-0.25, -0.2) is 0 Å². The van der Waals surface area contributed by atoms with E-state index < -0.39 is 6.10 Å². The van der Waals surface area contributed by atoms with Crippen molar-refractivity contribution in [1.29, 1.82) is 0 Å². The molecule has 5 nitrogen and oxygen atoms in total. The molecule has 0 aliphatic rings. The van der Waals surface area contributed by atoms with E-state index in [0.29, 0.717) is 11.1 Å². The minimum absolute atomic E-state index is 0.159. The Labute approximate surface area is 141 Å². The molecule has 2 aromatic rings. The summed E-state index contributed by atoms with van der Waals surface area (Å²) >= 11 is 0. The van der Waals surface area contributed by atoms with Crippen LogP contribution in [0.1, 0.15) is 22.3 Å². The van der Waals surface area contributed by atoms with Gasteiger partial charge < -0.3 is 15.3 Å². The van der Waals surface area contributed by atoms with Gasteiger partial charge in [-0.1, -0.05) is 23.3 Å². The first-order chi connectivity index (χ1) is 11.5. The van der Waals surface area contributed by atoms with Crippen LogP contribution in [0.15, 0.2) is 46.4 Å². The molecule has 0 unspecified atom stereocenters. The van der Waals surface area contributed by atoms with Crippen LogP contribution < -0.4 is 0 Å². The summed E-state index contributed by atoms with van der Waals surface area (Å²) in [6.45, 7) is 4.23. The molecule has 3 N–H and O–H groups in total. The number of phenolic OH excluding ortho intramolecular Hbond substituents is 2. The number of hydrogen-bond donors (Lipinski definition) is 3. The van der Waals surface area contributed by atoms with Crippen molar-refractivity contribution in [2.24, 2.45) is 9.98 Å². The summed E-state index contributed by atoms with van der Waals surface area (Å²) in [6, 6.07) is 10.5. The molecule has 0 aromatic heterocycles. The summed E-state index contributed by atoms with van der Waals surface area (Å²) in [5, 5.41) is 29.3. The largest absolute Gasteiger partial charge is 0.507 e. The number of aliphatic hydroxyl groups excluding tert-OH is 1. The Bertz CT molecular complexity index is 691. The van der Waals surface area contributed by atoms with E-state index in [0.717, 1.165) is 11.1 Å². The zero-order valence-electron chi connectivity index (χ0n) is 13.8. The molecule has 24 heavy (non-hydrogen) atoms. The number of benzene rings is 2. The van der Waals surface area contributed by atoms with E-state index in [-0.39, 0.29) is 24.6 Å². The standard InChI is InChI=1S/C19H22N2O3/c1-13-3-5-18(23)15(7-13)9-20-11-17(22)12-21-10-16-8-14(2)4-6-19(16)24/h3-10,17,22-24H,11-12H2,1-2H3. The molecule has 5 heteroatoms. The molecule has 0 radical (unpaired) electrons. The molecule has 126 valence electrons. The van der Waals surface area contributed by atoms with Crippen molar-refractivity contribution >= 4 is 12.4 Å². The number of aryl methyl sites for hydroxylation is 2. The highest BCUT2D eigenvalue weighted by Crippen LogP contribution is 2.16. The van der Waals surface area contributed by atoms with Crippen LogP contribution in [0.3, 0.4) is 0 Å². The van der Waals surface area contributed by atoms with Crippen LogP contribution in [0.25, 0.3) is 0 Å². The predicted octanol–water partition coefficient (Wildman–Crippen LogP) is 2.61. The molecular formula is C19H22N2O3. The second-order valence-corrected chi connectivity index (χ2v) is 5.77. The van der Waals surface area contributed by atoms with Crippen LogP contribution in [-0.2, 0) is 0 Å². The van der Waals surface area contributed by atoms with Crippen LogP contribution >= 0.6 is 0 Å². The predicted molar refractivity (Wildman–Crippen MR) is 96.6 cm³/mol. The van der Waals surface area contributed by atoms with E-state index in [2.05, 4.69) is 9.98 Å². The summed E-state index contributed by atoms with van der Waals surface area (Å²) in [5.41, 5.74) is 3.29. The van der Waals surface area contributed by atoms with Gasteiger partial charge in [0.15, 0.2) is 0 Å². The first-order valence-electron chi connectivity index (χ1n) is 7.72. The van der Waals surface area contributed by atoms with Gasteiger partial charge in [0.2, 0.25) is 0 Å². The molecule has 0 amide bonds. The van der Waals surface area contributed by atoms with Crippen LogP contribution in [0.2, 0.25) is 0 Å². The molecule has 0 fully saturated rings. The maximum absolute atomic E-state index is 9.90. The molecule has 0 aliphatic heterocycles. The number of rotatable bonds is 6. The van der Waals surface area contributed by atoms with Gasteiger partial charge in [0.25, 0.3) is 0 Å². The minimum atomic E-state index is -0.726. The van der Waals surface area contributed by atoms with Gasteiger partial charge in [-0.05, 0) is 38.1 Å². The number of hydrogen-bond acceptors (Lipinski definition) is 5. The van der Waals surface area contributed by atoms with Gasteiger partial charge in [0.1, 0.15) is 11.5 Å². The molecule has 0 bridgehead atoms. The second kappa shape index (κ2) is 8.26. The Morgan fingerprint density at radius 2 is 1.25 bits per heavy atom. The van der Waals surface area contributed by atoms with Crippen molar-refractivity contribution in [2.45, 2.75) is 20.0 Å². The number of aliphatic hydroxyl groups is 1. The molecule has 0 atom stereocenters. The molecule has 2 rings (SSSR count). The van der Waals surface area contributed by atoms with E-state index in [4.69, 9.17) is 0 Å². The SMILES string of the molecule is Cc1ccc(O)c(C=NCC(O)CN=Cc2cc(C)ccc2O)c1. The highest BCUT2D eigenvalue weighted by atomic mass is 16.3. The third-order valence-electron chi connectivity index (χ3n) is 3.46. The maximum Gasteiger partial charge on any atom is 0.124 e. The molecule has 0 aliphatic carbocycles. The highest BCUT2D eigenvalue weighted by Gasteiger charge is 2.03. The molecule has 0 spiro atoms. The minimum Gasteiger partial charge on any atom is -0.507 e. The van der Waals surface area contributed by atoms with Crippen molar-refractivity contribution in [3.63, 3.8) is 0 Å². The Morgan fingerprint density at radius 3 is 1.67 bits per heavy atom. The van der Waals surface area contributed by atoms with Crippen LogP contribution in [-0.4, -0.2) is 46.9 Å². The lowest BCUT2D eigenvalue weighted by atomic mass is 10.1. The van der Waals surface area contributed by atoms with Crippen molar-refractivity contribution in [2.75, 3.05) is 13.1 Å². The van der Waals surface area contributed by atoms with Gasteiger partial charge in [-0.15, -0.1) is 0 Å². The first-order valence-corrected chi connectivity index (χ1v) is 7.72. The molecular weight excluding hydrogens is 304 g/mol. The quantitative estimate of drug-likeness (QED) is 0.713. The summed E-state index contributed by atoms with van der Waals surface area (Å²) in [5.74, 6) is 0.318. The Morgan fingerprint density at radius 1 is 0.833 bits per heavy atom. The van der Waals surface area contributed by atoms with Gasteiger partial charge in [-0.2, -0.15) is 0 Å². The Hall–Kier alpha value is -2.66. The molecule has 0 saturated heterocycles. The second-order valence-electron chi connectivity index (χ2n) is 5.77. The monoisotopic (exact) mass is 326 g/mol. The summed E-state index contributed by atoms with van der Waals surface area (Å²) in [4.78, 5) is 8.29. The fraction of sp³-hybridized carbons (Fsp3) is 0.263. The van der Waals surface area contributed by atoms with E-state index in [9.17, 15) is 15.3 Å². The smallest absolute Gasteiger partial charge is 0.124 e. The Balaban J connectivity index is 1.88. The highest BCUT2D eigenvalue weighted by molar-refractivity contribution is 5.84. The van der Waals surface area contributed by atoms with E-state index >= 15 is 0 Å². The first kappa shape index (κ1) is 17.7. The summed E-state index contributed by atoms with van der Waals surface area (Å²) in [7, 11) is 0. The average Bonchev–Trinajstić information content (AvgIpc) is 2.54.